The standard InChI is InChI=1S/C25H27N3O3/c29-22(17-31-23-7-8-24-20(14-23)15-25(30)26-24)16-27-9-11-28(12-10-27)21-6-5-18-3-1-2-4-19(18)13-21/h1-8,13-14,22,29H,9-12,15-17H2,(H,26,30). The van der Waals surface area contributed by atoms with E-state index in [4.69, 9.17) is 4.74 Å². The van der Waals surface area contributed by atoms with Gasteiger partial charge in [-0.2, -0.15) is 0 Å². The number of carbonyl (C=O) groups is 1. The fourth-order valence-electron chi connectivity index (χ4n) is 4.40. The lowest BCUT2D eigenvalue weighted by atomic mass is 10.1. The van der Waals surface area contributed by atoms with Gasteiger partial charge in [-0.3, -0.25) is 9.69 Å². The van der Waals surface area contributed by atoms with Crippen LogP contribution in [0.4, 0.5) is 11.4 Å². The maximum atomic E-state index is 11.5. The quantitative estimate of drug-likeness (QED) is 0.646. The van der Waals surface area contributed by atoms with Gasteiger partial charge in [-0.15, -0.1) is 0 Å². The van der Waals surface area contributed by atoms with Gasteiger partial charge in [0.25, 0.3) is 0 Å². The van der Waals surface area contributed by atoms with Crippen molar-refractivity contribution in [2.45, 2.75) is 12.5 Å². The van der Waals surface area contributed by atoms with Gasteiger partial charge in [0.2, 0.25) is 5.91 Å². The molecule has 1 fully saturated rings. The van der Waals surface area contributed by atoms with Crippen molar-refractivity contribution in [1.82, 2.24) is 4.90 Å². The molecule has 6 nitrogen and oxygen atoms in total. The van der Waals surface area contributed by atoms with Crippen LogP contribution >= 0.6 is 0 Å². The Morgan fingerprint density at radius 3 is 2.61 bits per heavy atom. The van der Waals surface area contributed by atoms with Crippen LogP contribution in [-0.4, -0.2) is 61.3 Å². The summed E-state index contributed by atoms with van der Waals surface area (Å²) in [5.41, 5.74) is 3.05. The summed E-state index contributed by atoms with van der Waals surface area (Å²) in [6.45, 7) is 4.55. The van der Waals surface area contributed by atoms with Gasteiger partial charge in [-0.05, 0) is 46.7 Å². The number of carbonyl (C=O) groups excluding carboxylic acids is 1. The molecule has 2 aliphatic heterocycles. The molecule has 31 heavy (non-hydrogen) atoms. The molecule has 1 unspecified atom stereocenters. The molecule has 1 atom stereocenters. The van der Waals surface area contributed by atoms with Crippen LogP contribution in [0.1, 0.15) is 5.56 Å². The third-order valence-corrected chi connectivity index (χ3v) is 6.08. The number of aliphatic hydroxyl groups is 1. The molecule has 160 valence electrons. The zero-order valence-corrected chi connectivity index (χ0v) is 17.5. The molecule has 5 rings (SSSR count). The van der Waals surface area contributed by atoms with Gasteiger partial charge in [-0.25, -0.2) is 0 Å². The first kappa shape index (κ1) is 19.8. The van der Waals surface area contributed by atoms with E-state index >= 15 is 0 Å². The van der Waals surface area contributed by atoms with Crippen molar-refractivity contribution >= 4 is 28.1 Å². The second-order valence-electron chi connectivity index (χ2n) is 8.33. The van der Waals surface area contributed by atoms with Crippen LogP contribution in [0, 0.1) is 0 Å². The molecule has 1 saturated heterocycles. The first-order valence-corrected chi connectivity index (χ1v) is 10.8. The van der Waals surface area contributed by atoms with Crippen molar-refractivity contribution in [1.29, 1.82) is 0 Å². The fraction of sp³-hybridized carbons (Fsp3) is 0.320. The Labute approximate surface area is 182 Å². The monoisotopic (exact) mass is 417 g/mol. The van der Waals surface area contributed by atoms with Gasteiger partial charge >= 0.3 is 0 Å². The van der Waals surface area contributed by atoms with Crippen LogP contribution in [0.2, 0.25) is 0 Å². The predicted molar refractivity (Wildman–Crippen MR) is 123 cm³/mol. The summed E-state index contributed by atoms with van der Waals surface area (Å²) < 4.78 is 5.78. The number of hydrogen-bond acceptors (Lipinski definition) is 5. The van der Waals surface area contributed by atoms with Crippen molar-refractivity contribution in [2.24, 2.45) is 0 Å². The van der Waals surface area contributed by atoms with Gasteiger partial charge in [-0.1, -0.05) is 30.3 Å². The highest BCUT2D eigenvalue weighted by molar-refractivity contribution is 5.99. The Hall–Kier alpha value is -3.09. The number of hydrogen-bond donors (Lipinski definition) is 2. The third kappa shape index (κ3) is 4.50. The van der Waals surface area contributed by atoms with E-state index in [1.807, 2.05) is 18.2 Å². The summed E-state index contributed by atoms with van der Waals surface area (Å²) in [5.74, 6) is 0.699. The van der Waals surface area contributed by atoms with E-state index < -0.39 is 6.10 Å². The average Bonchev–Trinajstić information content (AvgIpc) is 3.17. The lowest BCUT2D eigenvalue weighted by molar-refractivity contribution is -0.115. The second-order valence-corrected chi connectivity index (χ2v) is 8.33. The number of fused-ring (bicyclic) bond motifs is 2. The Kier molecular flexibility index (Phi) is 5.49. The number of aliphatic hydroxyl groups excluding tert-OH is 1. The predicted octanol–water partition coefficient (Wildman–Crippen LogP) is 2.90. The maximum absolute atomic E-state index is 11.5. The summed E-state index contributed by atoms with van der Waals surface area (Å²) in [6.07, 6.45) is -0.170. The molecule has 2 N–H and O–H groups in total. The molecule has 3 aromatic rings. The van der Waals surface area contributed by atoms with Crippen molar-refractivity contribution < 1.29 is 14.6 Å². The molecule has 0 bridgehead atoms. The largest absolute Gasteiger partial charge is 0.491 e. The molecule has 0 radical (unpaired) electrons. The van der Waals surface area contributed by atoms with Gasteiger partial charge < -0.3 is 20.1 Å². The van der Waals surface area contributed by atoms with Crippen molar-refractivity contribution in [3.05, 3.63) is 66.2 Å². The van der Waals surface area contributed by atoms with E-state index in [9.17, 15) is 9.90 Å². The minimum atomic E-state index is -0.555. The molecule has 3 aromatic carbocycles. The number of anilines is 2. The van der Waals surface area contributed by atoms with E-state index in [-0.39, 0.29) is 12.5 Å². The SMILES string of the molecule is O=C1Cc2cc(OCC(O)CN3CCN(c4ccc5ccccc5c4)CC3)ccc2N1. The van der Waals surface area contributed by atoms with E-state index in [1.165, 1.54) is 16.5 Å². The topological polar surface area (TPSA) is 65.0 Å². The summed E-state index contributed by atoms with van der Waals surface area (Å²) in [6, 6.07) is 20.6. The zero-order valence-electron chi connectivity index (χ0n) is 17.5. The molecular weight excluding hydrogens is 390 g/mol. The number of ether oxygens (including phenoxy) is 1. The van der Waals surface area contributed by atoms with E-state index in [2.05, 4.69) is 57.6 Å². The minimum Gasteiger partial charge on any atom is -0.491 e. The summed E-state index contributed by atoms with van der Waals surface area (Å²) in [4.78, 5) is 16.2. The third-order valence-electron chi connectivity index (χ3n) is 6.08. The molecule has 0 spiro atoms. The van der Waals surface area contributed by atoms with Gasteiger partial charge in [0.1, 0.15) is 18.5 Å². The number of amides is 1. The highest BCUT2D eigenvalue weighted by Gasteiger charge is 2.21. The van der Waals surface area contributed by atoms with Gasteiger partial charge in [0, 0.05) is 44.1 Å². The summed E-state index contributed by atoms with van der Waals surface area (Å²) in [7, 11) is 0. The second kappa shape index (κ2) is 8.57. The number of rotatable bonds is 6. The lowest BCUT2D eigenvalue weighted by Gasteiger charge is -2.37. The number of β-amino-alcohol motifs (C(OH)–C–C–N with tert-alkyl or cyclic N) is 1. The Morgan fingerprint density at radius 2 is 1.77 bits per heavy atom. The first-order valence-electron chi connectivity index (χ1n) is 10.8. The fourth-order valence-corrected chi connectivity index (χ4v) is 4.40. The van der Waals surface area contributed by atoms with E-state index in [0.29, 0.717) is 18.7 Å². The molecule has 0 aromatic heterocycles. The minimum absolute atomic E-state index is 0.00927. The molecule has 0 aliphatic carbocycles. The maximum Gasteiger partial charge on any atom is 0.228 e. The van der Waals surface area contributed by atoms with E-state index in [0.717, 1.165) is 37.4 Å². The Morgan fingerprint density at radius 1 is 0.968 bits per heavy atom. The van der Waals surface area contributed by atoms with Crippen LogP contribution < -0.4 is 15.0 Å². The van der Waals surface area contributed by atoms with Crippen LogP contribution in [0.15, 0.2) is 60.7 Å². The molecular formula is C25H27N3O3. The Bertz CT molecular complexity index is 1090. The Balaban J connectivity index is 1.10. The van der Waals surface area contributed by atoms with Crippen LogP contribution in [0.25, 0.3) is 10.8 Å². The lowest BCUT2D eigenvalue weighted by Crippen LogP contribution is -2.49. The number of nitrogens with one attached hydrogen (secondary N) is 1. The summed E-state index contributed by atoms with van der Waals surface area (Å²) >= 11 is 0. The number of piperazine rings is 1. The molecule has 6 heteroatoms. The highest BCUT2D eigenvalue weighted by Crippen LogP contribution is 2.27. The highest BCUT2D eigenvalue weighted by atomic mass is 16.5. The zero-order chi connectivity index (χ0) is 21.2. The van der Waals surface area contributed by atoms with Gasteiger partial charge in [0.15, 0.2) is 0 Å². The van der Waals surface area contributed by atoms with Crippen molar-refractivity contribution in [3.63, 3.8) is 0 Å². The van der Waals surface area contributed by atoms with E-state index in [1.54, 1.807) is 0 Å². The molecule has 2 aliphatic rings. The smallest absolute Gasteiger partial charge is 0.228 e. The first-order chi connectivity index (χ1) is 15.1. The summed E-state index contributed by atoms with van der Waals surface area (Å²) in [5, 5.41) is 15.8. The molecule has 1 amide bonds. The molecule has 0 saturated carbocycles. The normalized spacial score (nSPS) is 17.5. The number of benzene rings is 3. The van der Waals surface area contributed by atoms with Gasteiger partial charge in [0.05, 0.1) is 6.42 Å². The molecule has 2 heterocycles. The van der Waals surface area contributed by atoms with Crippen LogP contribution in [0.5, 0.6) is 5.75 Å². The van der Waals surface area contributed by atoms with Crippen LogP contribution in [0.3, 0.4) is 0 Å². The van der Waals surface area contributed by atoms with Crippen molar-refractivity contribution in [3.8, 4) is 5.75 Å². The average molecular weight is 418 g/mol. The van der Waals surface area contributed by atoms with Crippen LogP contribution in [-0.2, 0) is 11.2 Å². The number of nitrogens with zero attached hydrogens (tertiary/aromatic N) is 2. The van der Waals surface area contributed by atoms with Crippen molar-refractivity contribution in [2.75, 3.05) is 49.5 Å².